The second kappa shape index (κ2) is 24.0. The van der Waals surface area contributed by atoms with Crippen LogP contribution in [-0.4, -0.2) is 33.9 Å². The van der Waals surface area contributed by atoms with Crippen molar-refractivity contribution in [2.45, 2.75) is 170 Å². The molecule has 4 unspecified atom stereocenters. The maximum Gasteiger partial charge on any atom is 0.160 e. The molecule has 5 heterocycles. The van der Waals surface area contributed by atoms with Crippen LogP contribution in [0.15, 0.2) is 24.3 Å². The topological polar surface area (TPSA) is 52.6 Å². The predicted octanol–water partition coefficient (Wildman–Crippen LogP) is 16.1. The van der Waals surface area contributed by atoms with Gasteiger partial charge in [0.1, 0.15) is 19.6 Å². The predicted molar refractivity (Wildman–Crippen MR) is 264 cm³/mol. The highest BCUT2D eigenvalue weighted by Gasteiger charge is 2.50. The van der Waals surface area contributed by atoms with E-state index in [1.165, 1.54) is 121 Å². The first-order chi connectivity index (χ1) is 28.8. The molecule has 9 heteroatoms. The van der Waals surface area contributed by atoms with E-state index in [1.54, 1.807) is 33.0 Å². The first-order valence-corrected chi connectivity index (χ1v) is 29.2. The standard InChI is InChI=1S/C50H74O4S4Si/c1-9-17-21-35(13-5)31-53-41-25-39(29-51)55-47(41)43-27-45-49(57-43)50-46(59(45,33-37(15-7)23-19-11-3)34-38(16-8)24-20-12-4)28-44(58-50)48-42(26-40(30-52)56-48)54-32-36(14-6)22-18-10-2/h25-30,35-38H,9-24,31-34H2,1-8H3. The van der Waals surface area contributed by atoms with Crippen molar-refractivity contribution in [3.05, 3.63) is 34.0 Å². The highest BCUT2D eigenvalue weighted by molar-refractivity contribution is 7.34. The summed E-state index contributed by atoms with van der Waals surface area (Å²) in [6, 6.07) is 11.7. The lowest BCUT2D eigenvalue weighted by Gasteiger charge is -2.35. The molecule has 0 N–H and O–H groups in total. The normalized spacial score (nSPS) is 16.7. The quantitative estimate of drug-likeness (QED) is 0.0387. The Bertz CT molecular complexity index is 1750. The van der Waals surface area contributed by atoms with E-state index in [0.29, 0.717) is 36.9 Å². The van der Waals surface area contributed by atoms with Gasteiger partial charge in [-0.05, 0) is 71.1 Å². The van der Waals surface area contributed by atoms with E-state index in [2.05, 4.69) is 67.5 Å². The van der Waals surface area contributed by atoms with Crippen molar-refractivity contribution in [1.29, 1.82) is 0 Å². The number of carbonyl (C=O) groups is 2. The number of fused-ring (bicyclic) bond motifs is 3. The zero-order valence-electron chi connectivity index (χ0n) is 37.7. The average Bonchev–Trinajstić information content (AvgIpc) is 4.09. The summed E-state index contributed by atoms with van der Waals surface area (Å²) >= 11 is 7.08. The summed E-state index contributed by atoms with van der Waals surface area (Å²) in [6.07, 6.45) is 21.4. The monoisotopic (exact) mass is 894 g/mol. The molecule has 0 fully saturated rings. The molecule has 0 aliphatic carbocycles. The molecule has 4 aromatic rings. The molecule has 326 valence electrons. The third-order valence-electron chi connectivity index (χ3n) is 13.2. The number of aldehydes is 2. The van der Waals surface area contributed by atoms with E-state index in [4.69, 9.17) is 9.47 Å². The second-order valence-electron chi connectivity index (χ2n) is 17.4. The summed E-state index contributed by atoms with van der Waals surface area (Å²) in [4.78, 5) is 33.7. The van der Waals surface area contributed by atoms with Gasteiger partial charge in [0.05, 0.1) is 32.7 Å². The first-order valence-electron chi connectivity index (χ1n) is 23.5. The Labute approximate surface area is 374 Å². The van der Waals surface area contributed by atoms with Gasteiger partial charge in [-0.25, -0.2) is 0 Å². The third-order valence-corrected chi connectivity index (χ3v) is 23.9. The van der Waals surface area contributed by atoms with Crippen LogP contribution < -0.4 is 19.8 Å². The summed E-state index contributed by atoms with van der Waals surface area (Å²) < 4.78 is 13.4. The number of unbranched alkanes of at least 4 members (excludes halogenated alkanes) is 4. The Morgan fingerprint density at radius 2 is 0.847 bits per heavy atom. The van der Waals surface area contributed by atoms with Crippen molar-refractivity contribution in [3.8, 4) is 40.8 Å². The van der Waals surface area contributed by atoms with Gasteiger partial charge in [0.2, 0.25) is 0 Å². The van der Waals surface area contributed by atoms with Crippen molar-refractivity contribution in [2.24, 2.45) is 23.7 Å². The minimum absolute atomic E-state index is 0.515. The van der Waals surface area contributed by atoms with Gasteiger partial charge in [0.15, 0.2) is 12.6 Å². The number of hydrogen-bond donors (Lipinski definition) is 0. The van der Waals surface area contributed by atoms with Crippen molar-refractivity contribution in [2.75, 3.05) is 13.2 Å². The maximum absolute atomic E-state index is 12.3. The van der Waals surface area contributed by atoms with E-state index in [1.807, 2.05) is 34.8 Å². The zero-order chi connectivity index (χ0) is 42.4. The largest absolute Gasteiger partial charge is 0.492 e. The number of rotatable bonds is 30. The molecule has 0 bridgehead atoms. The van der Waals surface area contributed by atoms with E-state index in [9.17, 15) is 9.59 Å². The second-order valence-corrected chi connectivity index (χ2v) is 25.7. The van der Waals surface area contributed by atoms with Crippen molar-refractivity contribution < 1.29 is 19.1 Å². The minimum atomic E-state index is -2.31. The number of thiophene rings is 4. The fraction of sp³-hybridized carbons (Fsp3) is 0.640. The fourth-order valence-electron chi connectivity index (χ4n) is 9.26. The van der Waals surface area contributed by atoms with Gasteiger partial charge in [-0.1, -0.05) is 145 Å². The van der Waals surface area contributed by atoms with E-state index >= 15 is 0 Å². The lowest BCUT2D eigenvalue weighted by atomic mass is 10.0. The smallest absolute Gasteiger partial charge is 0.160 e. The van der Waals surface area contributed by atoms with Gasteiger partial charge < -0.3 is 9.47 Å². The average molecular weight is 895 g/mol. The minimum Gasteiger partial charge on any atom is -0.492 e. The number of hydrogen-bond acceptors (Lipinski definition) is 8. The Morgan fingerprint density at radius 1 is 0.492 bits per heavy atom. The van der Waals surface area contributed by atoms with Crippen LogP contribution in [0, 0.1) is 23.7 Å². The molecule has 0 spiro atoms. The molecule has 4 nitrogen and oxygen atoms in total. The van der Waals surface area contributed by atoms with Crippen LogP contribution in [-0.2, 0) is 0 Å². The van der Waals surface area contributed by atoms with Gasteiger partial charge in [0.25, 0.3) is 0 Å². The SMILES string of the molecule is CCCCC(CC)COc1cc(C=O)sc1-c1cc2c(s1)-c1sc(-c3sc(C=O)cc3OCC(CC)CCCC)cc1[Si]2(CC(CC)CCCC)CC(CC)CCCC. The first kappa shape index (κ1) is 48.0. The molecule has 59 heavy (non-hydrogen) atoms. The highest BCUT2D eigenvalue weighted by atomic mass is 32.1. The molecule has 0 amide bonds. The van der Waals surface area contributed by atoms with Gasteiger partial charge in [-0.15, -0.1) is 45.3 Å². The summed E-state index contributed by atoms with van der Waals surface area (Å²) in [7, 11) is -2.31. The van der Waals surface area contributed by atoms with Crippen molar-refractivity contribution in [1.82, 2.24) is 0 Å². The summed E-state index contributed by atoms with van der Waals surface area (Å²) in [6.45, 7) is 20.0. The van der Waals surface area contributed by atoms with Crippen LogP contribution in [0.5, 0.6) is 11.5 Å². The summed E-state index contributed by atoms with van der Waals surface area (Å²) in [5.74, 6) is 4.15. The molecular formula is C50H74O4S4Si. The molecule has 1 aliphatic heterocycles. The van der Waals surface area contributed by atoms with Gasteiger partial charge in [-0.3, -0.25) is 9.59 Å². The molecule has 0 saturated heterocycles. The van der Waals surface area contributed by atoms with Crippen LogP contribution >= 0.6 is 45.3 Å². The maximum atomic E-state index is 12.3. The third kappa shape index (κ3) is 11.7. The van der Waals surface area contributed by atoms with E-state index in [0.717, 1.165) is 56.4 Å². The van der Waals surface area contributed by atoms with Crippen molar-refractivity contribution >= 4 is 76.4 Å². The molecular weight excluding hydrogens is 821 g/mol. The van der Waals surface area contributed by atoms with Gasteiger partial charge >= 0.3 is 0 Å². The Morgan fingerprint density at radius 3 is 1.17 bits per heavy atom. The van der Waals surface area contributed by atoms with Crippen LogP contribution in [0.4, 0.5) is 0 Å². The van der Waals surface area contributed by atoms with Crippen LogP contribution in [0.3, 0.4) is 0 Å². The zero-order valence-corrected chi connectivity index (χ0v) is 41.9. The molecule has 0 aromatic carbocycles. The molecule has 4 aromatic heterocycles. The molecule has 1 aliphatic rings. The Kier molecular flexibility index (Phi) is 19.5. The molecule has 0 saturated carbocycles. The van der Waals surface area contributed by atoms with Crippen LogP contribution in [0.25, 0.3) is 29.3 Å². The summed E-state index contributed by atoms with van der Waals surface area (Å²) in [5, 5.41) is 3.27. The molecule has 4 atom stereocenters. The number of ether oxygens (including phenoxy) is 2. The van der Waals surface area contributed by atoms with E-state index < -0.39 is 8.07 Å². The molecule has 0 radical (unpaired) electrons. The van der Waals surface area contributed by atoms with Crippen LogP contribution in [0.2, 0.25) is 12.1 Å². The Hall–Kier alpha value is -2.04. The lowest BCUT2D eigenvalue weighted by molar-refractivity contribution is 0.111. The lowest BCUT2D eigenvalue weighted by Crippen LogP contribution is -2.56. The van der Waals surface area contributed by atoms with Crippen LogP contribution in [0.1, 0.15) is 177 Å². The van der Waals surface area contributed by atoms with Gasteiger partial charge in [0, 0.05) is 31.6 Å². The Balaban J connectivity index is 1.67. The highest BCUT2D eigenvalue weighted by Crippen LogP contribution is 2.52. The number of carbonyl (C=O) groups excluding carboxylic acids is 2. The molecule has 5 rings (SSSR count). The van der Waals surface area contributed by atoms with Crippen molar-refractivity contribution in [3.63, 3.8) is 0 Å². The summed E-state index contributed by atoms with van der Waals surface area (Å²) in [5.41, 5.74) is 0. The van der Waals surface area contributed by atoms with Gasteiger partial charge in [-0.2, -0.15) is 0 Å². The van der Waals surface area contributed by atoms with E-state index in [-0.39, 0.29) is 0 Å². The fourth-order valence-corrected chi connectivity index (χ4v) is 21.7.